The number of hydrogen-bond donors (Lipinski definition) is 1. The summed E-state index contributed by atoms with van der Waals surface area (Å²) in [6, 6.07) is 14.9. The molecule has 0 unspecified atom stereocenters. The molecule has 100 valence electrons. The summed E-state index contributed by atoms with van der Waals surface area (Å²) in [6.07, 6.45) is 0.865. The first kappa shape index (κ1) is 13.4. The van der Waals surface area contributed by atoms with Gasteiger partial charge in [-0.25, -0.2) is 4.39 Å². The lowest BCUT2D eigenvalue weighted by atomic mass is 10.2. The number of aryl methyl sites for hydroxylation is 1. The fraction of sp³-hybridized carbons (Fsp3) is 0.250. The van der Waals surface area contributed by atoms with Crippen LogP contribution in [0.5, 0.6) is 5.75 Å². The van der Waals surface area contributed by atoms with E-state index in [1.807, 2.05) is 36.4 Å². The fourth-order valence-corrected chi connectivity index (χ4v) is 1.71. The molecular weight excluding hydrogens is 241 g/mol. The molecule has 2 aromatic rings. The maximum atomic E-state index is 13.3. The van der Waals surface area contributed by atoms with Crippen molar-refractivity contribution in [2.45, 2.75) is 13.3 Å². The molecule has 0 radical (unpaired) electrons. The summed E-state index contributed by atoms with van der Waals surface area (Å²) in [5, 5.41) is 3.18. The van der Waals surface area contributed by atoms with Gasteiger partial charge >= 0.3 is 0 Å². The molecule has 0 atom stereocenters. The standard InChI is InChI=1S/C16H18FNO/c1-13-8-9-14(12-16(13)17)18-10-5-11-19-15-6-3-2-4-7-15/h2-4,6-9,12,18H,5,10-11H2,1H3. The SMILES string of the molecule is Cc1ccc(NCCCOc2ccccc2)cc1F. The van der Waals surface area contributed by atoms with Crippen LogP contribution in [0.3, 0.4) is 0 Å². The molecule has 0 saturated carbocycles. The van der Waals surface area contributed by atoms with Gasteiger partial charge in [-0.3, -0.25) is 0 Å². The summed E-state index contributed by atoms with van der Waals surface area (Å²) in [5.41, 5.74) is 1.47. The first-order valence-corrected chi connectivity index (χ1v) is 6.43. The number of ether oxygens (including phenoxy) is 1. The molecule has 2 aromatic carbocycles. The minimum Gasteiger partial charge on any atom is -0.494 e. The van der Waals surface area contributed by atoms with Crippen molar-refractivity contribution in [1.29, 1.82) is 0 Å². The smallest absolute Gasteiger partial charge is 0.128 e. The molecule has 0 aliphatic heterocycles. The lowest BCUT2D eigenvalue weighted by Gasteiger charge is -2.08. The Labute approximate surface area is 113 Å². The van der Waals surface area contributed by atoms with Crippen molar-refractivity contribution in [1.82, 2.24) is 0 Å². The highest BCUT2D eigenvalue weighted by Crippen LogP contribution is 2.13. The van der Waals surface area contributed by atoms with Gasteiger partial charge in [-0.1, -0.05) is 24.3 Å². The number of halogens is 1. The molecule has 2 rings (SSSR count). The Bertz CT molecular complexity index is 513. The van der Waals surface area contributed by atoms with Crippen LogP contribution in [0.1, 0.15) is 12.0 Å². The van der Waals surface area contributed by atoms with E-state index in [0.717, 1.165) is 24.4 Å². The third-order valence-corrected chi connectivity index (χ3v) is 2.83. The van der Waals surface area contributed by atoms with Crippen molar-refractivity contribution < 1.29 is 9.13 Å². The zero-order valence-corrected chi connectivity index (χ0v) is 11.0. The summed E-state index contributed by atoms with van der Waals surface area (Å²) in [6.45, 7) is 3.16. The van der Waals surface area contributed by atoms with Gasteiger partial charge in [0.05, 0.1) is 6.61 Å². The monoisotopic (exact) mass is 259 g/mol. The largest absolute Gasteiger partial charge is 0.494 e. The predicted octanol–water partition coefficient (Wildman–Crippen LogP) is 4.02. The van der Waals surface area contributed by atoms with E-state index in [2.05, 4.69) is 5.32 Å². The van der Waals surface area contributed by atoms with E-state index >= 15 is 0 Å². The van der Waals surface area contributed by atoms with E-state index in [0.29, 0.717) is 12.2 Å². The summed E-state index contributed by atoms with van der Waals surface area (Å²) < 4.78 is 18.9. The Hall–Kier alpha value is -2.03. The third kappa shape index (κ3) is 4.28. The molecule has 0 amide bonds. The summed E-state index contributed by atoms with van der Waals surface area (Å²) >= 11 is 0. The Morgan fingerprint density at radius 1 is 1.11 bits per heavy atom. The van der Waals surface area contributed by atoms with Crippen LogP contribution in [-0.4, -0.2) is 13.2 Å². The second-order valence-electron chi connectivity index (χ2n) is 4.41. The highest BCUT2D eigenvalue weighted by atomic mass is 19.1. The Morgan fingerprint density at radius 2 is 1.89 bits per heavy atom. The van der Waals surface area contributed by atoms with Crippen LogP contribution in [0.15, 0.2) is 48.5 Å². The van der Waals surface area contributed by atoms with Gasteiger partial charge in [0.1, 0.15) is 11.6 Å². The zero-order chi connectivity index (χ0) is 13.5. The van der Waals surface area contributed by atoms with E-state index in [9.17, 15) is 4.39 Å². The van der Waals surface area contributed by atoms with E-state index in [4.69, 9.17) is 4.74 Å². The molecule has 2 nitrogen and oxygen atoms in total. The van der Waals surface area contributed by atoms with Crippen molar-refractivity contribution >= 4 is 5.69 Å². The second-order valence-corrected chi connectivity index (χ2v) is 4.41. The van der Waals surface area contributed by atoms with Gasteiger partial charge in [-0.2, -0.15) is 0 Å². The first-order chi connectivity index (χ1) is 9.25. The molecule has 0 fully saturated rings. The lowest BCUT2D eigenvalue weighted by Crippen LogP contribution is -2.07. The number of hydrogen-bond acceptors (Lipinski definition) is 2. The van der Waals surface area contributed by atoms with Crippen molar-refractivity contribution in [2.24, 2.45) is 0 Å². The average molecular weight is 259 g/mol. The molecule has 0 spiro atoms. The minimum atomic E-state index is -0.175. The number of rotatable bonds is 6. The molecule has 0 saturated heterocycles. The molecule has 1 N–H and O–H groups in total. The highest BCUT2D eigenvalue weighted by molar-refractivity contribution is 5.45. The van der Waals surface area contributed by atoms with Crippen molar-refractivity contribution in [2.75, 3.05) is 18.5 Å². The van der Waals surface area contributed by atoms with Gasteiger partial charge < -0.3 is 10.1 Å². The Balaban J connectivity index is 1.68. The highest BCUT2D eigenvalue weighted by Gasteiger charge is 1.98. The minimum absolute atomic E-state index is 0.175. The van der Waals surface area contributed by atoms with Gasteiger partial charge in [0.15, 0.2) is 0 Å². The summed E-state index contributed by atoms with van der Waals surface area (Å²) in [7, 11) is 0. The van der Waals surface area contributed by atoms with Gasteiger partial charge in [-0.05, 0) is 43.2 Å². The van der Waals surface area contributed by atoms with Crippen molar-refractivity contribution in [3.63, 3.8) is 0 Å². The molecule has 0 aliphatic carbocycles. The maximum absolute atomic E-state index is 13.3. The zero-order valence-electron chi connectivity index (χ0n) is 11.0. The van der Waals surface area contributed by atoms with E-state index in [-0.39, 0.29) is 5.82 Å². The van der Waals surface area contributed by atoms with Crippen LogP contribution < -0.4 is 10.1 Å². The van der Waals surface area contributed by atoms with Crippen molar-refractivity contribution in [3.8, 4) is 5.75 Å². The molecule has 0 aromatic heterocycles. The molecule has 3 heteroatoms. The number of nitrogens with one attached hydrogen (secondary N) is 1. The fourth-order valence-electron chi connectivity index (χ4n) is 1.71. The first-order valence-electron chi connectivity index (χ1n) is 6.43. The molecule has 0 heterocycles. The normalized spacial score (nSPS) is 10.2. The molecule has 0 aliphatic rings. The third-order valence-electron chi connectivity index (χ3n) is 2.83. The molecule has 19 heavy (non-hydrogen) atoms. The second kappa shape index (κ2) is 6.78. The number of para-hydroxylation sites is 1. The van der Waals surface area contributed by atoms with Crippen molar-refractivity contribution in [3.05, 3.63) is 59.9 Å². The summed E-state index contributed by atoms with van der Waals surface area (Å²) in [5.74, 6) is 0.703. The summed E-state index contributed by atoms with van der Waals surface area (Å²) in [4.78, 5) is 0. The van der Waals surface area contributed by atoms with Crippen LogP contribution in [0.2, 0.25) is 0 Å². The van der Waals surface area contributed by atoms with Gasteiger partial charge in [0.2, 0.25) is 0 Å². The van der Waals surface area contributed by atoms with Crippen LogP contribution >= 0.6 is 0 Å². The topological polar surface area (TPSA) is 21.3 Å². The van der Waals surface area contributed by atoms with Crippen LogP contribution in [0.4, 0.5) is 10.1 Å². The van der Waals surface area contributed by atoms with E-state index < -0.39 is 0 Å². The lowest BCUT2D eigenvalue weighted by molar-refractivity contribution is 0.315. The van der Waals surface area contributed by atoms with Gasteiger partial charge in [0, 0.05) is 12.2 Å². The van der Waals surface area contributed by atoms with Crippen LogP contribution in [0, 0.1) is 12.7 Å². The van der Waals surface area contributed by atoms with E-state index in [1.54, 1.807) is 13.0 Å². The van der Waals surface area contributed by atoms with Crippen LogP contribution in [-0.2, 0) is 0 Å². The predicted molar refractivity (Wildman–Crippen MR) is 76.2 cm³/mol. The van der Waals surface area contributed by atoms with Gasteiger partial charge in [-0.15, -0.1) is 0 Å². The maximum Gasteiger partial charge on any atom is 0.128 e. The Morgan fingerprint density at radius 3 is 2.63 bits per heavy atom. The number of anilines is 1. The molecular formula is C16H18FNO. The van der Waals surface area contributed by atoms with Gasteiger partial charge in [0.25, 0.3) is 0 Å². The quantitative estimate of drug-likeness (QED) is 0.791. The van der Waals surface area contributed by atoms with E-state index in [1.165, 1.54) is 6.07 Å². The van der Waals surface area contributed by atoms with Crippen LogP contribution in [0.25, 0.3) is 0 Å². The Kier molecular flexibility index (Phi) is 4.78. The average Bonchev–Trinajstić information content (AvgIpc) is 2.43. The molecule has 0 bridgehead atoms. The number of benzene rings is 2.